The highest BCUT2D eigenvalue weighted by atomic mass is 79.9. The van der Waals surface area contributed by atoms with Crippen LogP contribution >= 0.6 is 15.9 Å². The van der Waals surface area contributed by atoms with E-state index in [9.17, 15) is 13.2 Å². The van der Waals surface area contributed by atoms with Gasteiger partial charge in [-0.3, -0.25) is 4.79 Å². The number of hydrogen-bond acceptors (Lipinski definition) is 4. The van der Waals surface area contributed by atoms with Crippen LogP contribution in [-0.2, 0) is 14.8 Å². The summed E-state index contributed by atoms with van der Waals surface area (Å²) in [7, 11) is -2.25. The highest BCUT2D eigenvalue weighted by molar-refractivity contribution is 9.10. The zero-order valence-electron chi connectivity index (χ0n) is 12.4. The van der Waals surface area contributed by atoms with E-state index in [1.54, 1.807) is 17.0 Å². The van der Waals surface area contributed by atoms with Crippen molar-refractivity contribution in [2.24, 2.45) is 5.73 Å². The summed E-state index contributed by atoms with van der Waals surface area (Å²) in [6.07, 6.45) is 1.79. The van der Waals surface area contributed by atoms with Crippen molar-refractivity contribution in [1.82, 2.24) is 9.21 Å². The molecule has 1 heterocycles. The van der Waals surface area contributed by atoms with Gasteiger partial charge in [0, 0.05) is 30.7 Å². The maximum Gasteiger partial charge on any atom is 0.243 e. The summed E-state index contributed by atoms with van der Waals surface area (Å²) < 4.78 is 26.8. The lowest BCUT2D eigenvalue weighted by Crippen LogP contribution is -2.45. The molecule has 0 radical (unpaired) electrons. The molecular weight excluding hydrogens is 370 g/mol. The molecule has 0 saturated carbocycles. The fourth-order valence-electron chi connectivity index (χ4n) is 2.56. The largest absolute Gasteiger partial charge is 0.337 e. The summed E-state index contributed by atoms with van der Waals surface area (Å²) in [4.78, 5) is 14.2. The Morgan fingerprint density at radius 2 is 2.05 bits per heavy atom. The van der Waals surface area contributed by atoms with Crippen LogP contribution in [0.3, 0.4) is 0 Å². The van der Waals surface area contributed by atoms with Gasteiger partial charge in [0.2, 0.25) is 15.9 Å². The molecule has 122 valence electrons. The van der Waals surface area contributed by atoms with E-state index >= 15 is 0 Å². The lowest BCUT2D eigenvalue weighted by Gasteiger charge is -2.26. The van der Waals surface area contributed by atoms with E-state index in [-0.39, 0.29) is 23.4 Å². The van der Waals surface area contributed by atoms with Crippen LogP contribution in [0.1, 0.15) is 12.8 Å². The zero-order valence-corrected chi connectivity index (χ0v) is 14.8. The molecule has 0 aromatic heterocycles. The number of sulfonamides is 1. The molecule has 1 fully saturated rings. The van der Waals surface area contributed by atoms with Gasteiger partial charge in [0.05, 0.1) is 11.4 Å². The molecule has 1 aromatic carbocycles. The Labute approximate surface area is 139 Å². The smallest absolute Gasteiger partial charge is 0.243 e. The number of benzene rings is 1. The summed E-state index contributed by atoms with van der Waals surface area (Å²) in [5.74, 6) is -0.198. The molecule has 6 nitrogen and oxygen atoms in total. The first-order valence-electron chi connectivity index (χ1n) is 7.07. The lowest BCUT2D eigenvalue weighted by molar-refractivity contribution is -0.131. The monoisotopic (exact) mass is 389 g/mol. The van der Waals surface area contributed by atoms with Crippen LogP contribution in [0.5, 0.6) is 0 Å². The minimum absolute atomic E-state index is 0.0243. The zero-order chi connectivity index (χ0) is 16.3. The highest BCUT2D eigenvalue weighted by Gasteiger charge is 2.30. The number of hydrogen-bond donors (Lipinski definition) is 1. The number of rotatable bonds is 5. The molecule has 1 unspecified atom stereocenters. The normalized spacial score (nSPS) is 18.9. The molecule has 1 aliphatic heterocycles. The van der Waals surface area contributed by atoms with Crippen LogP contribution in [0.15, 0.2) is 33.6 Å². The maximum atomic E-state index is 12.5. The van der Waals surface area contributed by atoms with Gasteiger partial charge < -0.3 is 10.6 Å². The first-order chi connectivity index (χ1) is 10.4. The van der Waals surface area contributed by atoms with Crippen molar-refractivity contribution in [1.29, 1.82) is 0 Å². The van der Waals surface area contributed by atoms with Gasteiger partial charge in [0.1, 0.15) is 0 Å². The summed E-state index contributed by atoms with van der Waals surface area (Å²) >= 11 is 3.27. The van der Waals surface area contributed by atoms with Gasteiger partial charge in [-0.15, -0.1) is 0 Å². The molecule has 0 spiro atoms. The number of likely N-dealkylation sites (tertiary alicyclic amines) is 1. The van der Waals surface area contributed by atoms with E-state index in [4.69, 9.17) is 5.73 Å². The van der Waals surface area contributed by atoms with E-state index < -0.39 is 10.0 Å². The Kier molecular flexibility index (Phi) is 5.60. The standard InChI is InChI=1S/C14H20BrN3O3S/c1-17(10-14(19)18-8-2-3-12(18)9-16)22(20,21)13-6-4-11(15)5-7-13/h4-7,12H,2-3,8-10,16H2,1H3. The topological polar surface area (TPSA) is 83.7 Å². The van der Waals surface area contributed by atoms with Crippen LogP contribution in [0.4, 0.5) is 0 Å². The Bertz CT molecular complexity index is 633. The van der Waals surface area contributed by atoms with Gasteiger partial charge in [-0.1, -0.05) is 15.9 Å². The minimum Gasteiger partial charge on any atom is -0.337 e. The fraction of sp³-hybridized carbons (Fsp3) is 0.500. The van der Waals surface area contributed by atoms with E-state index in [2.05, 4.69) is 15.9 Å². The highest BCUT2D eigenvalue weighted by Crippen LogP contribution is 2.20. The Hall–Kier alpha value is -0.960. The van der Waals surface area contributed by atoms with Crippen molar-refractivity contribution in [3.05, 3.63) is 28.7 Å². The third-order valence-electron chi connectivity index (χ3n) is 3.85. The average Bonchev–Trinajstić information content (AvgIpc) is 2.96. The van der Waals surface area contributed by atoms with Crippen LogP contribution < -0.4 is 5.73 Å². The summed E-state index contributed by atoms with van der Waals surface area (Å²) in [5.41, 5.74) is 5.65. The first-order valence-corrected chi connectivity index (χ1v) is 9.31. The maximum absolute atomic E-state index is 12.5. The van der Waals surface area contributed by atoms with Gasteiger partial charge in [-0.05, 0) is 37.1 Å². The number of carbonyl (C=O) groups is 1. The van der Waals surface area contributed by atoms with E-state index in [1.165, 1.54) is 19.2 Å². The quantitative estimate of drug-likeness (QED) is 0.814. The predicted molar refractivity (Wildman–Crippen MR) is 87.7 cm³/mol. The van der Waals surface area contributed by atoms with E-state index in [1.807, 2.05) is 0 Å². The molecule has 0 bridgehead atoms. The lowest BCUT2D eigenvalue weighted by atomic mass is 10.2. The number of likely N-dealkylation sites (N-methyl/N-ethyl adjacent to an activating group) is 1. The second-order valence-corrected chi connectivity index (χ2v) is 8.29. The van der Waals surface area contributed by atoms with E-state index in [0.717, 1.165) is 21.6 Å². The number of halogens is 1. The van der Waals surface area contributed by atoms with Crippen LogP contribution in [0.2, 0.25) is 0 Å². The van der Waals surface area contributed by atoms with Crippen molar-refractivity contribution >= 4 is 31.9 Å². The van der Waals surface area contributed by atoms with Crippen LogP contribution in [0.25, 0.3) is 0 Å². The fourth-order valence-corrected chi connectivity index (χ4v) is 3.95. The summed E-state index contributed by atoms with van der Waals surface area (Å²) in [5, 5.41) is 0. The molecule has 8 heteroatoms. The molecule has 2 rings (SSSR count). The minimum atomic E-state index is -3.67. The number of carbonyl (C=O) groups excluding carboxylic acids is 1. The molecule has 1 aromatic rings. The van der Waals surface area contributed by atoms with Gasteiger partial charge in [-0.25, -0.2) is 8.42 Å². The van der Waals surface area contributed by atoms with Gasteiger partial charge in [0.15, 0.2) is 0 Å². The number of nitrogens with two attached hydrogens (primary N) is 1. The molecule has 1 amide bonds. The van der Waals surface area contributed by atoms with Gasteiger partial charge in [-0.2, -0.15) is 4.31 Å². The summed E-state index contributed by atoms with van der Waals surface area (Å²) in [6.45, 7) is 0.886. The second kappa shape index (κ2) is 7.08. The van der Waals surface area contributed by atoms with Crippen molar-refractivity contribution in [2.45, 2.75) is 23.8 Å². The van der Waals surface area contributed by atoms with Crippen LogP contribution in [0, 0.1) is 0 Å². The number of amides is 1. The van der Waals surface area contributed by atoms with Crippen LogP contribution in [-0.4, -0.2) is 56.3 Å². The third-order valence-corrected chi connectivity index (χ3v) is 6.20. The SMILES string of the molecule is CN(CC(=O)N1CCCC1CN)S(=O)(=O)c1ccc(Br)cc1. The molecule has 2 N–H and O–H groups in total. The van der Waals surface area contributed by atoms with E-state index in [0.29, 0.717) is 13.1 Å². The van der Waals surface area contributed by atoms with Gasteiger partial charge >= 0.3 is 0 Å². The Balaban J connectivity index is 2.09. The summed E-state index contributed by atoms with van der Waals surface area (Å²) in [6, 6.07) is 6.37. The predicted octanol–water partition coefficient (Wildman–Crippen LogP) is 1.02. The van der Waals surface area contributed by atoms with Crippen molar-refractivity contribution in [3.63, 3.8) is 0 Å². The van der Waals surface area contributed by atoms with Crippen molar-refractivity contribution < 1.29 is 13.2 Å². The molecule has 1 saturated heterocycles. The molecule has 0 aliphatic carbocycles. The molecule has 1 aliphatic rings. The second-order valence-electron chi connectivity index (χ2n) is 5.33. The van der Waals surface area contributed by atoms with Crippen molar-refractivity contribution in [2.75, 3.05) is 26.7 Å². The Morgan fingerprint density at radius 3 is 2.64 bits per heavy atom. The molecular formula is C14H20BrN3O3S. The number of nitrogens with zero attached hydrogens (tertiary/aromatic N) is 2. The molecule has 1 atom stereocenters. The first kappa shape index (κ1) is 17.4. The Morgan fingerprint density at radius 1 is 1.41 bits per heavy atom. The van der Waals surface area contributed by atoms with Crippen molar-refractivity contribution in [3.8, 4) is 0 Å². The van der Waals surface area contributed by atoms with Gasteiger partial charge in [0.25, 0.3) is 0 Å². The third kappa shape index (κ3) is 3.68. The molecule has 22 heavy (non-hydrogen) atoms. The average molecular weight is 390 g/mol.